The minimum Gasteiger partial charge on any atom is -0.383 e. The lowest BCUT2D eigenvalue weighted by Crippen LogP contribution is -2.29. The third-order valence-electron chi connectivity index (χ3n) is 2.36. The van der Waals surface area contributed by atoms with Crippen LogP contribution >= 0.6 is 15.9 Å². The molecule has 1 aromatic carbocycles. The van der Waals surface area contributed by atoms with Gasteiger partial charge in [0.1, 0.15) is 0 Å². The van der Waals surface area contributed by atoms with Crippen LogP contribution in [0, 0.1) is 6.92 Å². The van der Waals surface area contributed by atoms with Crippen molar-refractivity contribution in [3.8, 4) is 0 Å². The van der Waals surface area contributed by atoms with Gasteiger partial charge in [-0.15, -0.1) is 0 Å². The number of aryl methyl sites for hydroxylation is 1. The molecule has 15 heavy (non-hydrogen) atoms. The van der Waals surface area contributed by atoms with Gasteiger partial charge in [-0.2, -0.15) is 0 Å². The van der Waals surface area contributed by atoms with E-state index in [0.29, 0.717) is 6.04 Å². The summed E-state index contributed by atoms with van der Waals surface area (Å²) >= 11 is 3.46. The van der Waals surface area contributed by atoms with Crippen LogP contribution in [0.4, 0.5) is 0 Å². The molecule has 0 radical (unpaired) electrons. The fourth-order valence-corrected chi connectivity index (χ4v) is 1.93. The summed E-state index contributed by atoms with van der Waals surface area (Å²) in [6, 6.07) is 6.74. The second-order valence-corrected chi connectivity index (χ2v) is 4.72. The monoisotopic (exact) mass is 271 g/mol. The largest absolute Gasteiger partial charge is 0.383 e. The van der Waals surface area contributed by atoms with E-state index in [4.69, 9.17) is 4.74 Å². The van der Waals surface area contributed by atoms with Crippen molar-refractivity contribution in [2.45, 2.75) is 26.4 Å². The Kier molecular flexibility index (Phi) is 5.29. The molecule has 0 spiro atoms. The van der Waals surface area contributed by atoms with E-state index >= 15 is 0 Å². The van der Waals surface area contributed by atoms with Gasteiger partial charge in [0.15, 0.2) is 0 Å². The molecule has 0 amide bonds. The van der Waals surface area contributed by atoms with Gasteiger partial charge in [0.2, 0.25) is 0 Å². The van der Waals surface area contributed by atoms with Crippen LogP contribution in [0.1, 0.15) is 18.1 Å². The zero-order valence-electron chi connectivity index (χ0n) is 9.51. The molecule has 0 fully saturated rings. The van der Waals surface area contributed by atoms with Crippen LogP contribution in [0.25, 0.3) is 0 Å². The Labute approximate surface area is 100 Å². The Morgan fingerprint density at radius 2 is 2.20 bits per heavy atom. The highest BCUT2D eigenvalue weighted by Gasteiger charge is 2.02. The summed E-state index contributed by atoms with van der Waals surface area (Å²) in [6.07, 6.45) is 0. The van der Waals surface area contributed by atoms with Crippen LogP contribution < -0.4 is 5.32 Å². The van der Waals surface area contributed by atoms with E-state index in [-0.39, 0.29) is 0 Å². The first-order chi connectivity index (χ1) is 7.13. The lowest BCUT2D eigenvalue weighted by molar-refractivity contribution is 0.171. The number of benzene rings is 1. The predicted octanol–water partition coefficient (Wildman–Crippen LogP) is 2.88. The Morgan fingerprint density at radius 3 is 2.80 bits per heavy atom. The van der Waals surface area contributed by atoms with Crippen molar-refractivity contribution in [2.24, 2.45) is 0 Å². The van der Waals surface area contributed by atoms with Crippen molar-refractivity contribution in [2.75, 3.05) is 13.7 Å². The van der Waals surface area contributed by atoms with Gasteiger partial charge in [0, 0.05) is 24.2 Å². The number of ether oxygens (including phenoxy) is 1. The molecular weight excluding hydrogens is 254 g/mol. The SMILES string of the molecule is COCC(C)NCc1ccc(Br)cc1C. The first kappa shape index (κ1) is 12.7. The number of rotatable bonds is 5. The molecule has 1 aromatic rings. The average molecular weight is 272 g/mol. The predicted molar refractivity (Wildman–Crippen MR) is 67.1 cm³/mol. The maximum Gasteiger partial charge on any atom is 0.0613 e. The number of nitrogens with one attached hydrogen (secondary N) is 1. The highest BCUT2D eigenvalue weighted by atomic mass is 79.9. The Morgan fingerprint density at radius 1 is 1.47 bits per heavy atom. The van der Waals surface area contributed by atoms with E-state index in [1.54, 1.807) is 7.11 Å². The van der Waals surface area contributed by atoms with Gasteiger partial charge in [-0.05, 0) is 37.1 Å². The Hall–Kier alpha value is -0.380. The van der Waals surface area contributed by atoms with Crippen molar-refractivity contribution in [1.82, 2.24) is 5.32 Å². The van der Waals surface area contributed by atoms with Gasteiger partial charge in [-0.25, -0.2) is 0 Å². The van der Waals surface area contributed by atoms with E-state index in [0.717, 1.165) is 17.6 Å². The highest BCUT2D eigenvalue weighted by molar-refractivity contribution is 9.10. The smallest absolute Gasteiger partial charge is 0.0613 e. The summed E-state index contributed by atoms with van der Waals surface area (Å²) in [5, 5.41) is 3.42. The van der Waals surface area contributed by atoms with Gasteiger partial charge < -0.3 is 10.1 Å². The molecule has 0 saturated heterocycles. The van der Waals surface area contributed by atoms with Crippen molar-refractivity contribution >= 4 is 15.9 Å². The fourth-order valence-electron chi connectivity index (χ4n) is 1.45. The molecule has 84 valence electrons. The lowest BCUT2D eigenvalue weighted by atomic mass is 10.1. The van der Waals surface area contributed by atoms with Gasteiger partial charge >= 0.3 is 0 Å². The number of halogens is 1. The van der Waals surface area contributed by atoms with Crippen LogP contribution in [0.3, 0.4) is 0 Å². The van der Waals surface area contributed by atoms with Gasteiger partial charge in [0.25, 0.3) is 0 Å². The van der Waals surface area contributed by atoms with Crippen LogP contribution in [0.5, 0.6) is 0 Å². The second-order valence-electron chi connectivity index (χ2n) is 3.81. The molecule has 1 rings (SSSR count). The molecule has 0 saturated carbocycles. The van der Waals surface area contributed by atoms with Crippen molar-refractivity contribution in [3.63, 3.8) is 0 Å². The summed E-state index contributed by atoms with van der Waals surface area (Å²) in [6.45, 7) is 5.89. The van der Waals surface area contributed by atoms with E-state index in [2.05, 4.69) is 53.3 Å². The van der Waals surface area contributed by atoms with Crippen molar-refractivity contribution in [3.05, 3.63) is 33.8 Å². The third-order valence-corrected chi connectivity index (χ3v) is 2.86. The molecule has 1 unspecified atom stereocenters. The fraction of sp³-hybridized carbons (Fsp3) is 0.500. The molecule has 0 aliphatic rings. The summed E-state index contributed by atoms with van der Waals surface area (Å²) < 4.78 is 6.20. The number of hydrogen-bond acceptors (Lipinski definition) is 2. The van der Waals surface area contributed by atoms with Gasteiger partial charge in [-0.1, -0.05) is 22.0 Å². The van der Waals surface area contributed by atoms with Crippen molar-refractivity contribution < 1.29 is 4.74 Å². The average Bonchev–Trinajstić information content (AvgIpc) is 2.17. The van der Waals surface area contributed by atoms with Gasteiger partial charge in [0.05, 0.1) is 6.61 Å². The maximum atomic E-state index is 5.07. The maximum absolute atomic E-state index is 5.07. The molecule has 0 aliphatic heterocycles. The standard InChI is InChI=1S/C12H18BrNO/c1-9-6-12(13)5-4-11(9)7-14-10(2)8-15-3/h4-6,10,14H,7-8H2,1-3H3. The second kappa shape index (κ2) is 6.26. The summed E-state index contributed by atoms with van der Waals surface area (Å²) in [5.41, 5.74) is 2.64. The Balaban J connectivity index is 2.50. The molecular formula is C12H18BrNO. The molecule has 3 heteroatoms. The Bertz CT molecular complexity index is 314. The topological polar surface area (TPSA) is 21.3 Å². The quantitative estimate of drug-likeness (QED) is 0.890. The van der Waals surface area contributed by atoms with E-state index < -0.39 is 0 Å². The van der Waals surface area contributed by atoms with Crippen molar-refractivity contribution in [1.29, 1.82) is 0 Å². The van der Waals surface area contributed by atoms with Gasteiger partial charge in [-0.3, -0.25) is 0 Å². The van der Waals surface area contributed by atoms with Crippen LogP contribution in [0.15, 0.2) is 22.7 Å². The molecule has 0 aromatic heterocycles. The van der Waals surface area contributed by atoms with Crippen LogP contribution in [0.2, 0.25) is 0 Å². The third kappa shape index (κ3) is 4.33. The number of methoxy groups -OCH3 is 1. The molecule has 0 bridgehead atoms. The summed E-state index contributed by atoms with van der Waals surface area (Å²) in [7, 11) is 1.73. The zero-order valence-corrected chi connectivity index (χ0v) is 11.1. The van der Waals surface area contributed by atoms with E-state index in [9.17, 15) is 0 Å². The van der Waals surface area contributed by atoms with Crippen LogP contribution in [-0.4, -0.2) is 19.8 Å². The highest BCUT2D eigenvalue weighted by Crippen LogP contribution is 2.15. The lowest BCUT2D eigenvalue weighted by Gasteiger charge is -2.14. The summed E-state index contributed by atoms with van der Waals surface area (Å²) in [5.74, 6) is 0. The van der Waals surface area contributed by atoms with E-state index in [1.165, 1.54) is 11.1 Å². The zero-order chi connectivity index (χ0) is 11.3. The molecule has 0 heterocycles. The molecule has 1 N–H and O–H groups in total. The molecule has 1 atom stereocenters. The summed E-state index contributed by atoms with van der Waals surface area (Å²) in [4.78, 5) is 0. The normalized spacial score (nSPS) is 12.8. The molecule has 2 nitrogen and oxygen atoms in total. The van der Waals surface area contributed by atoms with E-state index in [1.807, 2.05) is 0 Å². The first-order valence-corrected chi connectivity index (χ1v) is 5.90. The minimum absolute atomic E-state index is 0.387. The first-order valence-electron chi connectivity index (χ1n) is 5.11. The van der Waals surface area contributed by atoms with Crippen LogP contribution in [-0.2, 0) is 11.3 Å². The minimum atomic E-state index is 0.387. The molecule has 0 aliphatic carbocycles. The number of hydrogen-bond donors (Lipinski definition) is 1.